The second-order valence-electron chi connectivity index (χ2n) is 6.52. The van der Waals surface area contributed by atoms with Crippen molar-refractivity contribution in [1.29, 1.82) is 0 Å². The maximum Gasteiger partial charge on any atom is 0.417 e. The van der Waals surface area contributed by atoms with Crippen molar-refractivity contribution in [3.8, 4) is 5.88 Å². The number of hydrogen-bond acceptors (Lipinski definition) is 4. The first kappa shape index (κ1) is 20.6. The Labute approximate surface area is 163 Å². The van der Waals surface area contributed by atoms with Gasteiger partial charge in [0.2, 0.25) is 5.88 Å². The van der Waals surface area contributed by atoms with Gasteiger partial charge < -0.3 is 10.1 Å². The molecule has 0 aliphatic rings. The van der Waals surface area contributed by atoms with Crippen molar-refractivity contribution >= 4 is 16.9 Å². The zero-order valence-corrected chi connectivity index (χ0v) is 15.8. The highest BCUT2D eigenvalue weighted by atomic mass is 19.4. The summed E-state index contributed by atoms with van der Waals surface area (Å²) in [6, 6.07) is 6.30. The molecule has 0 radical (unpaired) electrons. The molecule has 0 saturated carbocycles. The number of fused-ring (bicyclic) bond motifs is 1. The van der Waals surface area contributed by atoms with Crippen LogP contribution in [-0.2, 0) is 24.6 Å². The van der Waals surface area contributed by atoms with Gasteiger partial charge in [0.15, 0.2) is 11.8 Å². The Hall–Kier alpha value is -3.17. The third-order valence-electron chi connectivity index (χ3n) is 4.30. The van der Waals surface area contributed by atoms with E-state index in [1.54, 1.807) is 0 Å². The van der Waals surface area contributed by atoms with Crippen LogP contribution in [-0.4, -0.2) is 26.8 Å². The van der Waals surface area contributed by atoms with Gasteiger partial charge in [0, 0.05) is 19.7 Å². The molecule has 0 fully saturated rings. The lowest BCUT2D eigenvalue weighted by atomic mass is 10.1. The lowest BCUT2D eigenvalue weighted by Gasteiger charge is -2.16. The molecular formula is C19H18F4N4O2. The lowest BCUT2D eigenvalue weighted by Crippen LogP contribution is -2.36. The fourth-order valence-electron chi connectivity index (χ4n) is 2.88. The number of carbonyl (C=O) groups is 1. The SMILES string of the molecule is Cc1nn(C)c2nc(O[C@@H](C)C(=O)NCc3ccc(F)cc3)cc(C(F)(F)F)c12. The van der Waals surface area contributed by atoms with Gasteiger partial charge in [0.1, 0.15) is 5.82 Å². The Morgan fingerprint density at radius 2 is 1.93 bits per heavy atom. The molecule has 6 nitrogen and oxygen atoms in total. The van der Waals surface area contributed by atoms with E-state index in [1.807, 2.05) is 0 Å². The highest BCUT2D eigenvalue weighted by molar-refractivity contribution is 5.84. The van der Waals surface area contributed by atoms with Gasteiger partial charge in [-0.1, -0.05) is 12.1 Å². The topological polar surface area (TPSA) is 69.0 Å². The average molecular weight is 410 g/mol. The first-order chi connectivity index (χ1) is 13.6. The highest BCUT2D eigenvalue weighted by Gasteiger charge is 2.36. The molecule has 1 N–H and O–H groups in total. The number of aryl methyl sites for hydroxylation is 2. The third kappa shape index (κ3) is 4.47. The van der Waals surface area contributed by atoms with E-state index < -0.39 is 29.6 Å². The minimum atomic E-state index is -4.64. The van der Waals surface area contributed by atoms with Gasteiger partial charge in [-0.05, 0) is 31.5 Å². The predicted octanol–water partition coefficient (Wildman–Crippen LogP) is 3.52. The number of amides is 1. The zero-order valence-electron chi connectivity index (χ0n) is 15.8. The Morgan fingerprint density at radius 3 is 2.55 bits per heavy atom. The number of alkyl halides is 3. The van der Waals surface area contributed by atoms with E-state index in [4.69, 9.17) is 4.74 Å². The molecule has 0 aliphatic heterocycles. The number of halogens is 4. The van der Waals surface area contributed by atoms with Gasteiger partial charge >= 0.3 is 6.18 Å². The first-order valence-electron chi connectivity index (χ1n) is 8.66. The van der Waals surface area contributed by atoms with E-state index in [0.29, 0.717) is 5.56 Å². The summed E-state index contributed by atoms with van der Waals surface area (Å²) in [7, 11) is 1.48. The van der Waals surface area contributed by atoms with Crippen LogP contribution in [0.4, 0.5) is 17.6 Å². The minimum absolute atomic E-state index is 0.00578. The zero-order chi connectivity index (χ0) is 21.3. The van der Waals surface area contributed by atoms with E-state index in [0.717, 1.165) is 6.07 Å². The molecule has 0 aliphatic carbocycles. The van der Waals surface area contributed by atoms with Gasteiger partial charge in [0.25, 0.3) is 5.91 Å². The summed E-state index contributed by atoms with van der Waals surface area (Å²) in [5.74, 6) is -1.28. The van der Waals surface area contributed by atoms with E-state index in [-0.39, 0.29) is 29.2 Å². The first-order valence-corrected chi connectivity index (χ1v) is 8.66. The number of pyridine rings is 1. The van der Waals surface area contributed by atoms with Crippen molar-refractivity contribution in [2.24, 2.45) is 7.05 Å². The molecule has 0 unspecified atom stereocenters. The number of rotatable bonds is 5. The van der Waals surface area contributed by atoms with Crippen LogP contribution in [0.2, 0.25) is 0 Å². The van der Waals surface area contributed by atoms with Crippen molar-refractivity contribution in [3.63, 3.8) is 0 Å². The number of ether oxygens (including phenoxy) is 1. The summed E-state index contributed by atoms with van der Waals surface area (Å²) in [6.07, 6.45) is -5.74. The van der Waals surface area contributed by atoms with Crippen LogP contribution in [0.3, 0.4) is 0 Å². The van der Waals surface area contributed by atoms with Gasteiger partial charge in [-0.25, -0.2) is 4.39 Å². The normalized spacial score (nSPS) is 12.8. The average Bonchev–Trinajstić information content (AvgIpc) is 2.93. The number of nitrogens with zero attached hydrogens (tertiary/aromatic N) is 3. The molecule has 0 bridgehead atoms. The Morgan fingerprint density at radius 1 is 1.28 bits per heavy atom. The number of aromatic nitrogens is 3. The molecular weight excluding hydrogens is 392 g/mol. The van der Waals surface area contributed by atoms with Gasteiger partial charge in [-0.2, -0.15) is 23.3 Å². The van der Waals surface area contributed by atoms with Crippen molar-refractivity contribution < 1.29 is 27.1 Å². The Kier molecular flexibility index (Phi) is 5.45. The van der Waals surface area contributed by atoms with E-state index >= 15 is 0 Å². The molecule has 0 saturated heterocycles. The van der Waals surface area contributed by atoms with Crippen LogP contribution in [0.1, 0.15) is 23.7 Å². The molecule has 0 spiro atoms. The van der Waals surface area contributed by atoms with Crippen molar-refractivity contribution in [2.75, 3.05) is 0 Å². The van der Waals surface area contributed by atoms with Crippen molar-refractivity contribution in [1.82, 2.24) is 20.1 Å². The van der Waals surface area contributed by atoms with Gasteiger partial charge in [-0.3, -0.25) is 9.48 Å². The van der Waals surface area contributed by atoms with Crippen LogP contribution in [0.15, 0.2) is 30.3 Å². The minimum Gasteiger partial charge on any atom is -0.464 e. The molecule has 2 aromatic heterocycles. The number of hydrogen-bond donors (Lipinski definition) is 1. The van der Waals surface area contributed by atoms with Crippen LogP contribution in [0.5, 0.6) is 5.88 Å². The number of benzene rings is 1. The molecule has 3 aromatic rings. The monoisotopic (exact) mass is 410 g/mol. The number of carbonyl (C=O) groups excluding carboxylic acids is 1. The maximum absolute atomic E-state index is 13.5. The lowest BCUT2D eigenvalue weighted by molar-refractivity contribution is -0.136. The summed E-state index contributed by atoms with van der Waals surface area (Å²) in [6.45, 7) is 2.98. The summed E-state index contributed by atoms with van der Waals surface area (Å²) < 4.78 is 60.0. The molecule has 1 atom stereocenters. The number of nitrogens with one attached hydrogen (secondary N) is 1. The standard InChI is InChI=1S/C19H18F4N4O2/c1-10-16-14(19(21,22)23)8-15(25-17(16)27(3)26-10)29-11(2)18(28)24-9-12-4-6-13(20)7-5-12/h4-8,11H,9H2,1-3H3,(H,24,28)/t11-/m0/s1. The van der Waals surface area contributed by atoms with Crippen LogP contribution in [0.25, 0.3) is 11.0 Å². The molecule has 154 valence electrons. The van der Waals surface area contributed by atoms with Crippen molar-refractivity contribution in [2.45, 2.75) is 32.7 Å². The Balaban J connectivity index is 1.79. The fourth-order valence-corrected chi connectivity index (χ4v) is 2.88. The van der Waals surface area contributed by atoms with E-state index in [1.165, 1.54) is 49.8 Å². The Bertz CT molecular complexity index is 1050. The van der Waals surface area contributed by atoms with Gasteiger partial charge in [-0.15, -0.1) is 0 Å². The quantitative estimate of drug-likeness (QED) is 0.654. The molecule has 2 heterocycles. The third-order valence-corrected chi connectivity index (χ3v) is 4.30. The van der Waals surface area contributed by atoms with Crippen molar-refractivity contribution in [3.05, 3.63) is 53.0 Å². The predicted molar refractivity (Wildman–Crippen MR) is 96.6 cm³/mol. The maximum atomic E-state index is 13.5. The molecule has 10 heteroatoms. The smallest absolute Gasteiger partial charge is 0.417 e. The van der Waals surface area contributed by atoms with E-state index in [2.05, 4.69) is 15.4 Å². The van der Waals surface area contributed by atoms with Gasteiger partial charge in [0.05, 0.1) is 16.6 Å². The fraction of sp³-hybridized carbons (Fsp3) is 0.316. The largest absolute Gasteiger partial charge is 0.464 e. The molecule has 1 aromatic carbocycles. The van der Waals surface area contributed by atoms with Crippen LogP contribution >= 0.6 is 0 Å². The second kappa shape index (κ2) is 7.69. The molecule has 3 rings (SSSR count). The summed E-state index contributed by atoms with van der Waals surface area (Å²) in [5.41, 5.74) is -0.0663. The highest BCUT2D eigenvalue weighted by Crippen LogP contribution is 2.37. The summed E-state index contributed by atoms with van der Waals surface area (Å²) in [4.78, 5) is 16.3. The summed E-state index contributed by atoms with van der Waals surface area (Å²) >= 11 is 0. The molecule has 29 heavy (non-hydrogen) atoms. The van der Waals surface area contributed by atoms with Crippen LogP contribution in [0, 0.1) is 12.7 Å². The van der Waals surface area contributed by atoms with Crippen LogP contribution < -0.4 is 10.1 Å². The second-order valence-corrected chi connectivity index (χ2v) is 6.52. The van der Waals surface area contributed by atoms with E-state index in [9.17, 15) is 22.4 Å². The molecule has 1 amide bonds. The summed E-state index contributed by atoms with van der Waals surface area (Å²) in [5, 5.41) is 6.45.